The number of nitrogens with zero attached hydrogens (tertiary/aromatic N) is 1. The fourth-order valence-corrected chi connectivity index (χ4v) is 11.5. The smallest absolute Gasteiger partial charge is 0.302 e. The van der Waals surface area contributed by atoms with E-state index in [-0.39, 0.29) is 72.0 Å². The number of hydrogen-bond donors (Lipinski definition) is 0. The highest BCUT2D eigenvalue weighted by Crippen LogP contribution is 2.68. The van der Waals surface area contributed by atoms with E-state index in [2.05, 4.69) is 25.1 Å². The van der Waals surface area contributed by atoms with Gasteiger partial charge in [0, 0.05) is 31.2 Å². The third kappa shape index (κ3) is 6.50. The SMILES string of the molecule is CC(=O)O[C@H]1CC[C@@]2(C)C(=CC[C@H]3[C@@H]4C[C@@H](c5cc(COC[C@H]6O[C@@H]7OC(C)(C)O[C@@H]7[C@H]6OCc6ccccc6)on5)[C@H](C(C)=O)[C@@]4(C)CC[C@@H]32)C1. The molecule has 3 saturated carbocycles. The second kappa shape index (κ2) is 13.8. The highest BCUT2D eigenvalue weighted by atomic mass is 16.8. The van der Waals surface area contributed by atoms with Gasteiger partial charge in [-0.05, 0) is 93.4 Å². The molecule has 3 heterocycles. The Kier molecular flexibility index (Phi) is 9.55. The third-order valence-corrected chi connectivity index (χ3v) is 13.7. The van der Waals surface area contributed by atoms with E-state index in [0.717, 1.165) is 56.2 Å². The molecule has 0 radical (unpaired) electrons. The number of esters is 1. The fraction of sp³-hybridized carbons (Fsp3) is 0.690. The van der Waals surface area contributed by atoms with Gasteiger partial charge >= 0.3 is 5.97 Å². The van der Waals surface area contributed by atoms with Gasteiger partial charge in [-0.25, -0.2) is 0 Å². The highest BCUT2D eigenvalue weighted by Gasteiger charge is 2.63. The van der Waals surface area contributed by atoms with E-state index < -0.39 is 12.1 Å². The van der Waals surface area contributed by atoms with Crippen molar-refractivity contribution in [1.29, 1.82) is 0 Å². The highest BCUT2D eigenvalue weighted by molar-refractivity contribution is 5.81. The molecule has 0 unspecified atom stereocenters. The second-order valence-corrected chi connectivity index (χ2v) is 17.3. The quantitative estimate of drug-likeness (QED) is 0.181. The molecule has 282 valence electrons. The molecule has 1 aromatic heterocycles. The molecule has 52 heavy (non-hydrogen) atoms. The Morgan fingerprint density at radius 2 is 1.79 bits per heavy atom. The number of Topliss-reactive ketones (excluding diaryl/α,β-unsaturated/α-hetero) is 1. The molecule has 4 aliphatic carbocycles. The summed E-state index contributed by atoms with van der Waals surface area (Å²) in [6.07, 6.45) is 7.72. The van der Waals surface area contributed by atoms with Crippen LogP contribution in [0, 0.1) is 34.5 Å². The molecule has 6 aliphatic rings. The summed E-state index contributed by atoms with van der Waals surface area (Å²) in [6.45, 7) is 12.8. The van der Waals surface area contributed by atoms with E-state index in [1.807, 2.05) is 50.2 Å². The summed E-state index contributed by atoms with van der Waals surface area (Å²) in [4.78, 5) is 25.2. The molecule has 10 heteroatoms. The first-order chi connectivity index (χ1) is 24.8. The molecule has 0 bridgehead atoms. The van der Waals surface area contributed by atoms with Crippen LogP contribution in [0.1, 0.15) is 109 Å². The van der Waals surface area contributed by atoms with E-state index in [4.69, 9.17) is 32.9 Å². The molecule has 12 atom stereocenters. The van der Waals surface area contributed by atoms with Crippen molar-refractivity contribution in [2.75, 3.05) is 6.61 Å². The number of rotatable bonds is 10. The molecule has 1 aromatic carbocycles. The first kappa shape index (κ1) is 36.1. The van der Waals surface area contributed by atoms with Gasteiger partial charge in [-0.1, -0.05) is 61.0 Å². The van der Waals surface area contributed by atoms with Crippen molar-refractivity contribution < 1.29 is 42.5 Å². The van der Waals surface area contributed by atoms with Crippen LogP contribution in [0.3, 0.4) is 0 Å². The van der Waals surface area contributed by atoms with Gasteiger partial charge in [-0.3, -0.25) is 9.59 Å². The lowest BCUT2D eigenvalue weighted by Crippen LogP contribution is -2.51. The van der Waals surface area contributed by atoms with Crippen LogP contribution in [-0.2, 0) is 51.2 Å². The van der Waals surface area contributed by atoms with Gasteiger partial charge in [0.05, 0.1) is 18.9 Å². The average Bonchev–Trinajstić information content (AvgIpc) is 3.84. The van der Waals surface area contributed by atoms with Crippen molar-refractivity contribution >= 4 is 11.8 Å². The van der Waals surface area contributed by atoms with E-state index in [1.54, 1.807) is 6.92 Å². The maximum Gasteiger partial charge on any atom is 0.302 e. The number of carbonyl (C=O) groups is 2. The minimum Gasteiger partial charge on any atom is -0.462 e. The number of ether oxygens (including phenoxy) is 6. The predicted molar refractivity (Wildman–Crippen MR) is 189 cm³/mol. The van der Waals surface area contributed by atoms with Crippen LogP contribution >= 0.6 is 0 Å². The standard InChI is InChI=1S/C42H55NO9/c1-24(44)36-31(20-33-30-13-12-27-18-28(48-25(2)45)14-16-41(27,5)32(30)15-17-42(33,36)6)34-19-29(52-43-34)22-46-23-35-37(47-21-26-10-8-7-9-11-26)38-39(49-35)51-40(3,4)50-38/h7-12,19,28,30-33,35-39H,13-18,20-23H2,1-6H3/t28-,30+,31-,32-,33-,35+,36-,37-,38+,39+,41-,42-/m0/s1. The van der Waals surface area contributed by atoms with E-state index in [1.165, 1.54) is 12.5 Å². The Bertz CT molecular complexity index is 1670. The number of benzene rings is 1. The van der Waals surface area contributed by atoms with Crippen molar-refractivity contribution in [1.82, 2.24) is 5.16 Å². The van der Waals surface area contributed by atoms with Crippen molar-refractivity contribution in [3.63, 3.8) is 0 Å². The van der Waals surface area contributed by atoms with Gasteiger partial charge in [0.25, 0.3) is 0 Å². The van der Waals surface area contributed by atoms with Gasteiger partial charge in [-0.15, -0.1) is 0 Å². The largest absolute Gasteiger partial charge is 0.462 e. The maximum atomic E-state index is 13.5. The zero-order valence-electron chi connectivity index (χ0n) is 31.5. The summed E-state index contributed by atoms with van der Waals surface area (Å²) in [6, 6.07) is 12.0. The van der Waals surface area contributed by atoms with Crippen molar-refractivity contribution in [3.05, 3.63) is 65.1 Å². The molecule has 2 aliphatic heterocycles. The number of carbonyl (C=O) groups excluding carboxylic acids is 2. The Morgan fingerprint density at radius 3 is 2.56 bits per heavy atom. The molecule has 2 aromatic rings. The number of aromatic nitrogens is 1. The van der Waals surface area contributed by atoms with E-state index in [9.17, 15) is 9.59 Å². The second-order valence-electron chi connectivity index (χ2n) is 17.3. The Labute approximate surface area is 307 Å². The van der Waals surface area contributed by atoms with Crippen LogP contribution in [-0.4, -0.2) is 60.0 Å². The van der Waals surface area contributed by atoms with Crippen LogP contribution in [0.2, 0.25) is 0 Å². The van der Waals surface area contributed by atoms with Gasteiger partial charge < -0.3 is 32.9 Å². The van der Waals surface area contributed by atoms with E-state index >= 15 is 0 Å². The van der Waals surface area contributed by atoms with Gasteiger partial charge in [0.1, 0.15) is 36.8 Å². The first-order valence-corrected chi connectivity index (χ1v) is 19.4. The third-order valence-electron chi connectivity index (χ3n) is 13.7. The number of ketones is 1. The summed E-state index contributed by atoms with van der Waals surface area (Å²) < 4.78 is 42.5. The van der Waals surface area contributed by atoms with Crippen LogP contribution in [0.25, 0.3) is 0 Å². The van der Waals surface area contributed by atoms with Crippen LogP contribution in [0.4, 0.5) is 0 Å². The molecule has 2 saturated heterocycles. The summed E-state index contributed by atoms with van der Waals surface area (Å²) in [5.41, 5.74) is 3.42. The number of allylic oxidation sites excluding steroid dienone is 1. The lowest BCUT2D eigenvalue weighted by Gasteiger charge is -2.58. The zero-order chi connectivity index (χ0) is 36.4. The fourth-order valence-electron chi connectivity index (χ4n) is 11.5. The van der Waals surface area contributed by atoms with Gasteiger partial charge in [0.15, 0.2) is 17.8 Å². The number of fused-ring (bicyclic) bond motifs is 6. The Balaban J connectivity index is 0.933. The first-order valence-electron chi connectivity index (χ1n) is 19.4. The molecular weight excluding hydrogens is 662 g/mol. The summed E-state index contributed by atoms with van der Waals surface area (Å²) in [5, 5.41) is 4.57. The van der Waals surface area contributed by atoms with Crippen molar-refractivity contribution in [2.45, 2.75) is 142 Å². The summed E-state index contributed by atoms with van der Waals surface area (Å²) >= 11 is 0. The molecule has 0 N–H and O–H groups in total. The van der Waals surface area contributed by atoms with Crippen LogP contribution in [0.5, 0.6) is 0 Å². The number of hydrogen-bond acceptors (Lipinski definition) is 10. The summed E-state index contributed by atoms with van der Waals surface area (Å²) in [7, 11) is 0. The Hall–Kier alpha value is -2.89. The molecule has 5 fully saturated rings. The van der Waals surface area contributed by atoms with Gasteiger partial charge in [0.2, 0.25) is 0 Å². The van der Waals surface area contributed by atoms with Gasteiger partial charge in [-0.2, -0.15) is 0 Å². The lowest BCUT2D eigenvalue weighted by atomic mass is 9.47. The molecule has 10 nitrogen and oxygen atoms in total. The average molecular weight is 718 g/mol. The lowest BCUT2D eigenvalue weighted by molar-refractivity contribution is -0.225. The molecule has 0 amide bonds. The van der Waals surface area contributed by atoms with E-state index in [0.29, 0.717) is 30.1 Å². The Morgan fingerprint density at radius 1 is 0.981 bits per heavy atom. The van der Waals surface area contributed by atoms with Crippen LogP contribution < -0.4 is 0 Å². The molecular formula is C42H55NO9. The zero-order valence-corrected chi connectivity index (χ0v) is 31.5. The minimum atomic E-state index is -0.750. The molecule has 0 spiro atoms. The van der Waals surface area contributed by atoms with Crippen molar-refractivity contribution in [2.24, 2.45) is 34.5 Å². The normalized spacial score (nSPS) is 40.3. The summed E-state index contributed by atoms with van der Waals surface area (Å²) in [5.74, 6) is 1.34. The monoisotopic (exact) mass is 717 g/mol. The topological polar surface area (TPSA) is 116 Å². The minimum absolute atomic E-state index is 0.00703. The van der Waals surface area contributed by atoms with Crippen LogP contribution in [0.15, 0.2) is 52.6 Å². The van der Waals surface area contributed by atoms with Crippen molar-refractivity contribution in [3.8, 4) is 0 Å². The maximum absolute atomic E-state index is 13.5. The predicted octanol–water partition coefficient (Wildman–Crippen LogP) is 7.45. The molecule has 8 rings (SSSR count).